The lowest BCUT2D eigenvalue weighted by Crippen LogP contribution is -2.17. The normalized spacial score (nSPS) is 15.9. The Balaban J connectivity index is 1.90. The lowest BCUT2D eigenvalue weighted by molar-refractivity contribution is 0.625. The first-order chi connectivity index (χ1) is 9.22. The first-order valence-corrected chi connectivity index (χ1v) is 6.80. The van der Waals surface area contributed by atoms with Crippen LogP contribution in [0.25, 0.3) is 5.69 Å². The molecule has 4 heteroatoms. The average Bonchev–Trinajstić information content (AvgIpc) is 2.99. The van der Waals surface area contributed by atoms with Crippen LogP contribution in [0, 0.1) is 12.7 Å². The molecule has 1 aliphatic rings. The van der Waals surface area contributed by atoms with Crippen molar-refractivity contribution in [2.75, 3.05) is 5.32 Å². The Morgan fingerprint density at radius 2 is 2.05 bits per heavy atom. The number of aryl methyl sites for hydroxylation is 1. The molecular formula is C15H18FN3. The van der Waals surface area contributed by atoms with Gasteiger partial charge in [-0.2, -0.15) is 0 Å². The molecule has 0 saturated heterocycles. The van der Waals surface area contributed by atoms with Crippen molar-refractivity contribution in [3.63, 3.8) is 0 Å². The number of imidazole rings is 1. The lowest BCUT2D eigenvalue weighted by atomic mass is 10.2. The molecule has 3 rings (SSSR count). The van der Waals surface area contributed by atoms with Crippen molar-refractivity contribution in [1.82, 2.24) is 9.55 Å². The average molecular weight is 259 g/mol. The second-order valence-electron chi connectivity index (χ2n) is 5.23. The van der Waals surface area contributed by atoms with Crippen molar-refractivity contribution >= 4 is 5.95 Å². The van der Waals surface area contributed by atoms with Crippen LogP contribution in [0.4, 0.5) is 10.3 Å². The summed E-state index contributed by atoms with van der Waals surface area (Å²) in [5, 5.41) is 3.46. The van der Waals surface area contributed by atoms with Gasteiger partial charge in [-0.25, -0.2) is 9.37 Å². The van der Waals surface area contributed by atoms with E-state index in [-0.39, 0.29) is 5.82 Å². The molecule has 0 radical (unpaired) electrons. The van der Waals surface area contributed by atoms with E-state index in [4.69, 9.17) is 0 Å². The first-order valence-electron chi connectivity index (χ1n) is 6.80. The third-order valence-corrected chi connectivity index (χ3v) is 3.63. The lowest BCUT2D eigenvalue weighted by Gasteiger charge is -2.15. The number of nitrogens with zero attached hydrogens (tertiary/aromatic N) is 2. The summed E-state index contributed by atoms with van der Waals surface area (Å²) in [4.78, 5) is 4.34. The van der Waals surface area contributed by atoms with Crippen LogP contribution in [-0.4, -0.2) is 15.6 Å². The Morgan fingerprint density at radius 1 is 1.26 bits per heavy atom. The van der Waals surface area contributed by atoms with Gasteiger partial charge < -0.3 is 5.32 Å². The summed E-state index contributed by atoms with van der Waals surface area (Å²) in [6, 6.07) is 5.53. The van der Waals surface area contributed by atoms with Gasteiger partial charge in [-0.05, 0) is 43.5 Å². The summed E-state index contributed by atoms with van der Waals surface area (Å²) >= 11 is 0. The van der Waals surface area contributed by atoms with Crippen LogP contribution in [0.5, 0.6) is 0 Å². The minimum absolute atomic E-state index is 0.212. The molecule has 1 N–H and O–H groups in total. The molecule has 0 amide bonds. The van der Waals surface area contributed by atoms with E-state index in [9.17, 15) is 4.39 Å². The quantitative estimate of drug-likeness (QED) is 0.911. The van der Waals surface area contributed by atoms with E-state index < -0.39 is 0 Å². The van der Waals surface area contributed by atoms with Gasteiger partial charge in [0, 0.05) is 18.4 Å². The Kier molecular flexibility index (Phi) is 3.23. The highest BCUT2D eigenvalue weighted by molar-refractivity contribution is 5.44. The molecule has 19 heavy (non-hydrogen) atoms. The van der Waals surface area contributed by atoms with Gasteiger partial charge in [0.25, 0.3) is 0 Å². The third-order valence-electron chi connectivity index (χ3n) is 3.63. The van der Waals surface area contributed by atoms with Crippen LogP contribution in [-0.2, 0) is 0 Å². The number of nitrogens with one attached hydrogen (secondary N) is 1. The molecule has 1 aliphatic carbocycles. The van der Waals surface area contributed by atoms with Crippen LogP contribution in [0.15, 0.2) is 30.6 Å². The number of aromatic nitrogens is 2. The van der Waals surface area contributed by atoms with Gasteiger partial charge in [0.1, 0.15) is 5.82 Å². The van der Waals surface area contributed by atoms with Gasteiger partial charge in [0.05, 0.1) is 5.69 Å². The molecule has 2 aromatic rings. The Labute approximate surface area is 112 Å². The molecule has 1 aromatic heterocycles. The van der Waals surface area contributed by atoms with Crippen LogP contribution in [0.3, 0.4) is 0 Å². The number of halogens is 1. The fourth-order valence-corrected chi connectivity index (χ4v) is 2.73. The van der Waals surface area contributed by atoms with Crippen LogP contribution in [0.2, 0.25) is 0 Å². The molecule has 0 atom stereocenters. The van der Waals surface area contributed by atoms with Crippen molar-refractivity contribution in [3.05, 3.63) is 42.0 Å². The molecule has 1 aromatic carbocycles. The van der Waals surface area contributed by atoms with E-state index in [1.165, 1.54) is 37.8 Å². The molecule has 100 valence electrons. The summed E-state index contributed by atoms with van der Waals surface area (Å²) in [7, 11) is 0. The van der Waals surface area contributed by atoms with E-state index in [1.807, 2.05) is 23.8 Å². The van der Waals surface area contributed by atoms with Crippen molar-refractivity contribution in [1.29, 1.82) is 0 Å². The summed E-state index contributed by atoms with van der Waals surface area (Å²) < 4.78 is 15.4. The first kappa shape index (κ1) is 12.2. The van der Waals surface area contributed by atoms with E-state index in [2.05, 4.69) is 10.3 Å². The van der Waals surface area contributed by atoms with Crippen molar-refractivity contribution < 1.29 is 4.39 Å². The largest absolute Gasteiger partial charge is 0.353 e. The fourth-order valence-electron chi connectivity index (χ4n) is 2.73. The molecule has 1 fully saturated rings. The Morgan fingerprint density at radius 3 is 2.79 bits per heavy atom. The molecular weight excluding hydrogens is 241 g/mol. The van der Waals surface area contributed by atoms with Gasteiger partial charge in [-0.15, -0.1) is 0 Å². The van der Waals surface area contributed by atoms with Gasteiger partial charge in [0.2, 0.25) is 5.95 Å². The van der Waals surface area contributed by atoms with E-state index >= 15 is 0 Å². The smallest absolute Gasteiger partial charge is 0.207 e. The molecule has 0 unspecified atom stereocenters. The standard InChI is InChI=1S/C15H18FN3/c1-11-8-12(16)10-14(9-11)19-7-6-17-15(19)18-13-4-2-3-5-13/h6-10,13H,2-5H2,1H3,(H,17,18). The third kappa shape index (κ3) is 2.62. The summed E-state index contributed by atoms with van der Waals surface area (Å²) in [5.41, 5.74) is 1.73. The maximum absolute atomic E-state index is 13.5. The van der Waals surface area contributed by atoms with Crippen LogP contribution < -0.4 is 5.32 Å². The number of hydrogen-bond acceptors (Lipinski definition) is 2. The Bertz CT molecular complexity index is 550. The topological polar surface area (TPSA) is 29.9 Å². The monoisotopic (exact) mass is 259 g/mol. The maximum atomic E-state index is 13.5. The second kappa shape index (κ2) is 5.03. The molecule has 0 aliphatic heterocycles. The van der Waals surface area contributed by atoms with E-state index in [0.717, 1.165) is 17.2 Å². The highest BCUT2D eigenvalue weighted by atomic mass is 19.1. The van der Waals surface area contributed by atoms with Gasteiger partial charge in [-0.1, -0.05) is 12.8 Å². The number of rotatable bonds is 3. The molecule has 3 nitrogen and oxygen atoms in total. The van der Waals surface area contributed by atoms with Crippen molar-refractivity contribution in [2.45, 2.75) is 38.6 Å². The van der Waals surface area contributed by atoms with Gasteiger partial charge in [-0.3, -0.25) is 4.57 Å². The zero-order valence-corrected chi connectivity index (χ0v) is 11.1. The number of anilines is 1. The zero-order chi connectivity index (χ0) is 13.2. The van der Waals surface area contributed by atoms with Gasteiger partial charge in [0.15, 0.2) is 0 Å². The van der Waals surface area contributed by atoms with Crippen LogP contribution in [0.1, 0.15) is 31.2 Å². The van der Waals surface area contributed by atoms with Gasteiger partial charge >= 0.3 is 0 Å². The highest BCUT2D eigenvalue weighted by Gasteiger charge is 2.17. The predicted molar refractivity (Wildman–Crippen MR) is 74.1 cm³/mol. The zero-order valence-electron chi connectivity index (χ0n) is 11.1. The predicted octanol–water partition coefficient (Wildman–Crippen LogP) is 3.67. The second-order valence-corrected chi connectivity index (χ2v) is 5.23. The van der Waals surface area contributed by atoms with Crippen LogP contribution >= 0.6 is 0 Å². The SMILES string of the molecule is Cc1cc(F)cc(-n2ccnc2NC2CCCC2)c1. The summed E-state index contributed by atoms with van der Waals surface area (Å²) in [6.07, 6.45) is 8.54. The van der Waals surface area contributed by atoms with Crippen molar-refractivity contribution in [3.8, 4) is 5.69 Å². The molecule has 1 heterocycles. The minimum atomic E-state index is -0.212. The summed E-state index contributed by atoms with van der Waals surface area (Å²) in [6.45, 7) is 1.90. The minimum Gasteiger partial charge on any atom is -0.353 e. The molecule has 1 saturated carbocycles. The fraction of sp³-hybridized carbons (Fsp3) is 0.400. The Hall–Kier alpha value is -1.84. The van der Waals surface area contributed by atoms with Crippen molar-refractivity contribution in [2.24, 2.45) is 0 Å². The molecule has 0 spiro atoms. The van der Waals surface area contributed by atoms with E-state index in [1.54, 1.807) is 6.20 Å². The highest BCUT2D eigenvalue weighted by Crippen LogP contribution is 2.23. The summed E-state index contributed by atoms with van der Waals surface area (Å²) in [5.74, 6) is 0.590. The number of benzene rings is 1. The number of hydrogen-bond donors (Lipinski definition) is 1. The maximum Gasteiger partial charge on any atom is 0.207 e. The van der Waals surface area contributed by atoms with E-state index in [0.29, 0.717) is 6.04 Å². The molecule has 0 bridgehead atoms.